The summed E-state index contributed by atoms with van der Waals surface area (Å²) in [6.45, 7) is 9.01. The second-order valence-electron chi connectivity index (χ2n) is 10.6. The predicted octanol–water partition coefficient (Wildman–Crippen LogP) is 11.4. The van der Waals surface area contributed by atoms with Gasteiger partial charge in [-0.3, -0.25) is 0 Å². The van der Waals surface area contributed by atoms with Crippen molar-refractivity contribution in [3.8, 4) is 11.3 Å². The van der Waals surface area contributed by atoms with Gasteiger partial charge in [-0.2, -0.15) is 0 Å². The van der Waals surface area contributed by atoms with Crippen LogP contribution in [0.15, 0.2) is 97.1 Å². The fourth-order valence-corrected chi connectivity index (χ4v) is 5.58. The molecule has 0 saturated carbocycles. The van der Waals surface area contributed by atoms with Crippen LogP contribution < -0.4 is 0 Å². The van der Waals surface area contributed by atoms with Gasteiger partial charge in [0.25, 0.3) is 0 Å². The summed E-state index contributed by atoms with van der Waals surface area (Å²) in [4.78, 5) is 5.29. The Morgan fingerprint density at radius 3 is 2.00 bits per heavy atom. The second-order valence-corrected chi connectivity index (χ2v) is 10.6. The van der Waals surface area contributed by atoms with E-state index in [4.69, 9.17) is 10.3 Å². The fraction of sp³-hybridized carbons (Fsp3) is 0.256. The van der Waals surface area contributed by atoms with Gasteiger partial charge >= 0.3 is 0 Å². The van der Waals surface area contributed by atoms with E-state index in [1.807, 2.05) is 6.07 Å². The van der Waals surface area contributed by atoms with Crippen molar-refractivity contribution < 1.29 is 25.8 Å². The van der Waals surface area contributed by atoms with E-state index in [1.165, 1.54) is 33.0 Å². The molecule has 1 heterocycles. The van der Waals surface area contributed by atoms with E-state index in [1.54, 1.807) is 0 Å². The second kappa shape index (κ2) is 16.6. The van der Waals surface area contributed by atoms with Crippen LogP contribution >= 0.6 is 0 Å². The Morgan fingerprint density at radius 1 is 0.714 bits per heavy atom. The number of para-hydroxylation sites is 1. The smallest absolute Gasteiger partial charge is 0.0195 e. The summed E-state index contributed by atoms with van der Waals surface area (Å²) in [6.07, 6.45) is 4.23. The van der Waals surface area contributed by atoms with Gasteiger partial charge in [0.15, 0.2) is 0 Å². The number of benzene rings is 4. The van der Waals surface area contributed by atoms with Crippen LogP contribution in [0.4, 0.5) is 5.69 Å². The monoisotopic (exact) mass is 720 g/mol. The van der Waals surface area contributed by atoms with Gasteiger partial charge in [-0.25, -0.2) is 0 Å². The summed E-state index contributed by atoms with van der Waals surface area (Å²) < 4.78 is 0. The summed E-state index contributed by atoms with van der Waals surface area (Å²) in [5.74, 6) is 0.384. The largest absolute Gasteiger partial charge is 0.673 e. The van der Waals surface area contributed by atoms with E-state index in [0.29, 0.717) is 5.92 Å². The third-order valence-corrected chi connectivity index (χ3v) is 7.44. The molecule has 1 aromatic heterocycles. The van der Waals surface area contributed by atoms with Gasteiger partial charge < -0.3 is 25.2 Å². The Labute approximate surface area is 273 Å². The molecule has 1 unspecified atom stereocenters. The Morgan fingerprint density at radius 2 is 1.33 bits per heavy atom. The zero-order valence-electron chi connectivity index (χ0n) is 26.1. The molecule has 1 atom stereocenters. The third-order valence-electron chi connectivity index (χ3n) is 7.44. The van der Waals surface area contributed by atoms with E-state index in [-0.39, 0.29) is 46.7 Å². The first-order valence-electron chi connectivity index (χ1n) is 14.4. The summed E-state index contributed by atoms with van der Waals surface area (Å²) >= 11 is 0. The molecule has 0 aliphatic carbocycles. The maximum Gasteiger partial charge on any atom is 0.0195 e. The van der Waals surface area contributed by atoms with Crippen molar-refractivity contribution in [3.05, 3.63) is 151 Å². The number of fused-ring (bicyclic) bond motifs is 1. The van der Waals surface area contributed by atoms with Gasteiger partial charge in [-0.05, 0) is 42.1 Å². The molecule has 0 bridgehead atoms. The Hall–Kier alpha value is -3.04. The predicted molar refractivity (Wildman–Crippen MR) is 179 cm³/mol. The fourth-order valence-electron chi connectivity index (χ4n) is 5.58. The maximum absolute atomic E-state index is 5.60. The van der Waals surface area contributed by atoms with Gasteiger partial charge in [-0.1, -0.05) is 141 Å². The number of hydrogen-bond acceptors (Lipinski definition) is 1. The van der Waals surface area contributed by atoms with Crippen LogP contribution in [0.1, 0.15) is 80.4 Å². The summed E-state index contributed by atoms with van der Waals surface area (Å²) in [5.41, 5.74) is 9.28. The first kappa shape index (κ1) is 35.2. The van der Waals surface area contributed by atoms with Crippen molar-refractivity contribution in [2.45, 2.75) is 65.3 Å². The number of rotatable bonds is 10. The summed E-state index contributed by atoms with van der Waals surface area (Å²) in [6, 6.07) is 37.7. The van der Waals surface area contributed by atoms with Crippen molar-refractivity contribution in [2.75, 3.05) is 0 Å². The van der Waals surface area contributed by atoms with Crippen molar-refractivity contribution >= 4 is 16.5 Å². The van der Waals surface area contributed by atoms with Gasteiger partial charge in [0, 0.05) is 31.5 Å². The van der Waals surface area contributed by atoms with Crippen molar-refractivity contribution in [3.63, 3.8) is 0 Å². The van der Waals surface area contributed by atoms with Crippen molar-refractivity contribution in [1.82, 2.24) is 4.98 Å². The molecule has 3 heteroatoms. The number of aryl methyl sites for hydroxylation is 2. The molecule has 42 heavy (non-hydrogen) atoms. The molecule has 218 valence electrons. The molecule has 0 saturated heterocycles. The quantitative estimate of drug-likeness (QED) is 0.104. The number of aromatic nitrogens is 1. The topological polar surface area (TPSA) is 27.0 Å². The zero-order valence-corrected chi connectivity index (χ0v) is 29.7. The van der Waals surface area contributed by atoms with Gasteiger partial charge in [0.05, 0.1) is 0 Å². The molecule has 0 N–H and O–H groups in total. The Balaban J connectivity index is 0.00000205. The van der Waals surface area contributed by atoms with Crippen LogP contribution in [0.3, 0.4) is 0 Å². The summed E-state index contributed by atoms with van der Waals surface area (Å²) in [7, 11) is 0. The van der Waals surface area contributed by atoms with Crippen molar-refractivity contribution in [2.24, 2.45) is 0 Å². The molecule has 0 aliphatic heterocycles. The summed E-state index contributed by atoms with van der Waals surface area (Å²) in [5, 5.41) is 7.97. The van der Waals surface area contributed by atoms with E-state index in [9.17, 15) is 0 Å². The molecule has 5 rings (SSSR count). The Kier molecular flexibility index (Phi) is 13.9. The molecular weight excluding hydrogens is 675 g/mol. The first-order valence-corrected chi connectivity index (χ1v) is 14.4. The molecular formula is C39H44HfN2-4. The van der Waals surface area contributed by atoms with Gasteiger partial charge in [0.1, 0.15) is 0 Å². The normalized spacial score (nSPS) is 11.3. The van der Waals surface area contributed by atoms with E-state index in [0.717, 1.165) is 48.3 Å². The molecule has 0 radical (unpaired) electrons. The average Bonchev–Trinajstić information content (AvgIpc) is 2.97. The SMILES string of the molecule is CCCc1cccc(CCC)c1[N-]C(c1cccc(-c2[c-]ccc3ccccc23)n1)c1ccccc1C(C)C.[CH3-].[CH3-].[Hf]. The molecule has 0 aliphatic rings. The van der Waals surface area contributed by atoms with E-state index >= 15 is 0 Å². The standard InChI is InChI=1S/C37H38N2.2CH3.Hf/c1-5-14-28-18-11-19-29(15-6-2)36(28)39-37(33-22-10-9-20-30(33)26(3)4)35-25-13-24-34(38-35)32-23-12-17-27-16-7-8-21-31(27)32;;;/h7-13,16-22,24-26,37H,5-6,14-15H2,1-4H3;2*1H3;/q-2;2*-1;. The zero-order chi connectivity index (χ0) is 27.2. The van der Waals surface area contributed by atoms with Crippen LogP contribution in [0, 0.1) is 20.9 Å². The average molecular weight is 719 g/mol. The van der Waals surface area contributed by atoms with Crippen LogP contribution in [-0.2, 0) is 38.7 Å². The number of nitrogens with zero attached hydrogens (tertiary/aromatic N) is 2. The van der Waals surface area contributed by atoms with Crippen LogP contribution in [0.25, 0.3) is 27.3 Å². The molecule has 5 aromatic rings. The minimum Gasteiger partial charge on any atom is -0.673 e. The molecule has 4 aromatic carbocycles. The van der Waals surface area contributed by atoms with Gasteiger partial charge in [-0.15, -0.1) is 34.8 Å². The van der Waals surface area contributed by atoms with Crippen LogP contribution in [0.2, 0.25) is 0 Å². The third kappa shape index (κ3) is 7.67. The minimum absolute atomic E-state index is 0. The maximum atomic E-state index is 5.60. The number of pyridine rings is 1. The van der Waals surface area contributed by atoms with Crippen molar-refractivity contribution in [1.29, 1.82) is 0 Å². The molecule has 0 amide bonds. The van der Waals surface area contributed by atoms with E-state index in [2.05, 4.69) is 125 Å². The van der Waals surface area contributed by atoms with E-state index < -0.39 is 0 Å². The number of hydrogen-bond donors (Lipinski definition) is 0. The Bertz CT molecular complexity index is 1530. The van der Waals surface area contributed by atoms with Gasteiger partial charge in [0.2, 0.25) is 0 Å². The first-order chi connectivity index (χ1) is 19.1. The molecule has 0 fully saturated rings. The minimum atomic E-state index is -0.202. The molecule has 2 nitrogen and oxygen atoms in total. The van der Waals surface area contributed by atoms with Crippen LogP contribution in [-0.4, -0.2) is 4.98 Å². The molecule has 0 spiro atoms. The van der Waals surface area contributed by atoms with Crippen LogP contribution in [0.5, 0.6) is 0 Å².